The molecule has 0 aliphatic carbocycles. The van der Waals surface area contributed by atoms with Crippen molar-refractivity contribution < 1.29 is 18.6 Å². The topological polar surface area (TPSA) is 53.5 Å². The Balaban J connectivity index is 1.77. The van der Waals surface area contributed by atoms with Crippen LogP contribution in [0.15, 0.2) is 53.6 Å². The Labute approximate surface area is 161 Å². The molecule has 0 amide bonds. The first-order valence-electron chi connectivity index (χ1n) is 8.16. The van der Waals surface area contributed by atoms with E-state index in [-0.39, 0.29) is 5.82 Å². The molecular formula is C20H19FN2O3S. The second-order valence-electron chi connectivity index (χ2n) is 5.59. The standard InChI is InChI=1S/C20H19FN2O3S/c1-24-17-10-14(11-18(25-2)20(17)26-3)16-8-9-19(23-22-16)27-12-13-4-6-15(21)7-5-13/h4-11H,12H2,1-3H3. The van der Waals surface area contributed by atoms with Crippen molar-refractivity contribution in [2.75, 3.05) is 21.3 Å². The molecule has 2 aromatic carbocycles. The second-order valence-corrected chi connectivity index (χ2v) is 6.58. The molecule has 0 atom stereocenters. The number of methoxy groups -OCH3 is 3. The molecule has 0 aliphatic heterocycles. The maximum atomic E-state index is 13.0. The van der Waals surface area contributed by atoms with Gasteiger partial charge in [0, 0.05) is 11.3 Å². The summed E-state index contributed by atoms with van der Waals surface area (Å²) in [5.74, 6) is 2.10. The third-order valence-electron chi connectivity index (χ3n) is 3.90. The molecule has 0 fully saturated rings. The molecule has 0 saturated carbocycles. The summed E-state index contributed by atoms with van der Waals surface area (Å²) in [6, 6.07) is 13.9. The monoisotopic (exact) mass is 386 g/mol. The average Bonchev–Trinajstić information content (AvgIpc) is 2.72. The van der Waals surface area contributed by atoms with Crippen molar-refractivity contribution in [3.8, 4) is 28.5 Å². The molecule has 3 rings (SSSR count). The Kier molecular flexibility index (Phi) is 6.13. The minimum atomic E-state index is -0.238. The van der Waals surface area contributed by atoms with Crippen LogP contribution >= 0.6 is 11.8 Å². The van der Waals surface area contributed by atoms with E-state index in [1.807, 2.05) is 24.3 Å². The van der Waals surface area contributed by atoms with Gasteiger partial charge in [-0.05, 0) is 42.0 Å². The largest absolute Gasteiger partial charge is 0.493 e. The number of thioether (sulfide) groups is 1. The number of hydrogen-bond acceptors (Lipinski definition) is 6. The van der Waals surface area contributed by atoms with E-state index in [0.29, 0.717) is 28.7 Å². The first-order valence-corrected chi connectivity index (χ1v) is 9.14. The number of rotatable bonds is 7. The Morgan fingerprint density at radius 2 is 1.52 bits per heavy atom. The maximum absolute atomic E-state index is 13.0. The number of aromatic nitrogens is 2. The van der Waals surface area contributed by atoms with Crippen molar-refractivity contribution in [2.45, 2.75) is 10.8 Å². The summed E-state index contributed by atoms with van der Waals surface area (Å²) in [7, 11) is 4.71. The van der Waals surface area contributed by atoms with Crippen molar-refractivity contribution in [3.05, 3.63) is 59.9 Å². The minimum Gasteiger partial charge on any atom is -0.493 e. The molecule has 0 bridgehead atoms. The molecule has 140 valence electrons. The average molecular weight is 386 g/mol. The third kappa shape index (κ3) is 4.49. The number of ether oxygens (including phenoxy) is 3. The van der Waals surface area contributed by atoms with Gasteiger partial charge in [0.1, 0.15) is 10.8 Å². The molecule has 0 saturated heterocycles. The van der Waals surface area contributed by atoms with Gasteiger partial charge < -0.3 is 14.2 Å². The van der Waals surface area contributed by atoms with Crippen LogP contribution in [0.25, 0.3) is 11.3 Å². The van der Waals surface area contributed by atoms with E-state index < -0.39 is 0 Å². The van der Waals surface area contributed by atoms with E-state index in [1.165, 1.54) is 23.9 Å². The van der Waals surface area contributed by atoms with Gasteiger partial charge >= 0.3 is 0 Å². The Bertz CT molecular complexity index is 877. The fourth-order valence-corrected chi connectivity index (χ4v) is 3.29. The maximum Gasteiger partial charge on any atom is 0.203 e. The van der Waals surface area contributed by atoms with Gasteiger partial charge in [-0.2, -0.15) is 0 Å². The van der Waals surface area contributed by atoms with Crippen molar-refractivity contribution in [1.82, 2.24) is 10.2 Å². The number of halogens is 1. The van der Waals surface area contributed by atoms with Crippen LogP contribution in [0.3, 0.4) is 0 Å². The summed E-state index contributed by atoms with van der Waals surface area (Å²) in [6.07, 6.45) is 0. The summed E-state index contributed by atoms with van der Waals surface area (Å²) in [5.41, 5.74) is 2.53. The molecule has 27 heavy (non-hydrogen) atoms. The Hall–Kier alpha value is -2.80. The summed E-state index contributed by atoms with van der Waals surface area (Å²) in [5, 5.41) is 9.35. The summed E-state index contributed by atoms with van der Waals surface area (Å²) < 4.78 is 29.0. The van der Waals surface area contributed by atoms with E-state index >= 15 is 0 Å². The normalized spacial score (nSPS) is 10.5. The van der Waals surface area contributed by atoms with E-state index in [0.717, 1.165) is 16.2 Å². The van der Waals surface area contributed by atoms with Crippen LogP contribution in [-0.4, -0.2) is 31.5 Å². The zero-order chi connectivity index (χ0) is 19.2. The van der Waals surface area contributed by atoms with Gasteiger partial charge in [0.25, 0.3) is 0 Å². The molecule has 7 heteroatoms. The molecule has 1 aromatic heterocycles. The second kappa shape index (κ2) is 8.73. The fraction of sp³-hybridized carbons (Fsp3) is 0.200. The molecule has 0 spiro atoms. The van der Waals surface area contributed by atoms with E-state index in [4.69, 9.17) is 14.2 Å². The van der Waals surface area contributed by atoms with Crippen LogP contribution in [0, 0.1) is 5.82 Å². The quantitative estimate of drug-likeness (QED) is 0.553. The van der Waals surface area contributed by atoms with Gasteiger partial charge in [-0.3, -0.25) is 0 Å². The molecule has 1 heterocycles. The zero-order valence-corrected chi connectivity index (χ0v) is 16.0. The van der Waals surface area contributed by atoms with Crippen LogP contribution in [0.2, 0.25) is 0 Å². The van der Waals surface area contributed by atoms with Gasteiger partial charge in [-0.15, -0.1) is 10.2 Å². The summed E-state index contributed by atoms with van der Waals surface area (Å²) in [4.78, 5) is 0. The van der Waals surface area contributed by atoms with Crippen LogP contribution in [0.5, 0.6) is 17.2 Å². The van der Waals surface area contributed by atoms with Crippen molar-refractivity contribution in [1.29, 1.82) is 0 Å². The number of benzene rings is 2. The van der Waals surface area contributed by atoms with Gasteiger partial charge in [0.2, 0.25) is 5.75 Å². The Morgan fingerprint density at radius 1 is 0.852 bits per heavy atom. The van der Waals surface area contributed by atoms with Gasteiger partial charge in [-0.1, -0.05) is 23.9 Å². The first kappa shape index (κ1) is 19.0. The van der Waals surface area contributed by atoms with Crippen LogP contribution in [0.4, 0.5) is 4.39 Å². The molecule has 0 radical (unpaired) electrons. The lowest BCUT2D eigenvalue weighted by Crippen LogP contribution is -1.97. The molecule has 0 unspecified atom stereocenters. The van der Waals surface area contributed by atoms with Crippen molar-refractivity contribution in [3.63, 3.8) is 0 Å². The summed E-state index contributed by atoms with van der Waals surface area (Å²) >= 11 is 1.54. The smallest absolute Gasteiger partial charge is 0.203 e. The summed E-state index contributed by atoms with van der Waals surface area (Å²) in [6.45, 7) is 0. The van der Waals surface area contributed by atoms with Gasteiger partial charge in [0.05, 0.1) is 27.0 Å². The minimum absolute atomic E-state index is 0.238. The van der Waals surface area contributed by atoms with E-state index in [1.54, 1.807) is 33.5 Å². The fourth-order valence-electron chi connectivity index (χ4n) is 2.52. The van der Waals surface area contributed by atoms with Gasteiger partial charge in [0.15, 0.2) is 11.5 Å². The first-order chi connectivity index (χ1) is 13.1. The van der Waals surface area contributed by atoms with E-state index in [9.17, 15) is 4.39 Å². The highest BCUT2D eigenvalue weighted by molar-refractivity contribution is 7.98. The van der Waals surface area contributed by atoms with Crippen LogP contribution < -0.4 is 14.2 Å². The SMILES string of the molecule is COc1cc(-c2ccc(SCc3ccc(F)cc3)nn2)cc(OC)c1OC. The highest BCUT2D eigenvalue weighted by Crippen LogP contribution is 2.40. The molecule has 0 N–H and O–H groups in total. The van der Waals surface area contributed by atoms with Crippen LogP contribution in [-0.2, 0) is 5.75 Å². The predicted molar refractivity (Wildman–Crippen MR) is 103 cm³/mol. The van der Waals surface area contributed by atoms with Gasteiger partial charge in [-0.25, -0.2) is 4.39 Å². The molecule has 3 aromatic rings. The highest BCUT2D eigenvalue weighted by atomic mass is 32.2. The lowest BCUT2D eigenvalue weighted by atomic mass is 10.1. The third-order valence-corrected chi connectivity index (χ3v) is 4.89. The van der Waals surface area contributed by atoms with E-state index in [2.05, 4.69) is 10.2 Å². The molecule has 0 aliphatic rings. The lowest BCUT2D eigenvalue weighted by Gasteiger charge is -2.13. The van der Waals surface area contributed by atoms with Crippen molar-refractivity contribution >= 4 is 11.8 Å². The molecular weight excluding hydrogens is 367 g/mol. The highest BCUT2D eigenvalue weighted by Gasteiger charge is 2.15. The number of nitrogens with zero attached hydrogens (tertiary/aromatic N) is 2. The van der Waals surface area contributed by atoms with Crippen LogP contribution in [0.1, 0.15) is 5.56 Å². The zero-order valence-electron chi connectivity index (χ0n) is 15.2. The Morgan fingerprint density at radius 3 is 2.04 bits per heavy atom. The number of hydrogen-bond donors (Lipinski definition) is 0. The lowest BCUT2D eigenvalue weighted by molar-refractivity contribution is 0.324. The predicted octanol–water partition coefficient (Wildman–Crippen LogP) is 4.60. The van der Waals surface area contributed by atoms with Crippen molar-refractivity contribution in [2.24, 2.45) is 0 Å². The molecule has 5 nitrogen and oxygen atoms in total.